The fraction of sp³-hybridized carbons (Fsp3) is 0.733. The molecule has 1 fully saturated rings. The fourth-order valence-corrected chi connectivity index (χ4v) is 2.57. The highest BCUT2D eigenvalue weighted by molar-refractivity contribution is 5.89. The molecule has 0 saturated carbocycles. The van der Waals surface area contributed by atoms with Crippen LogP contribution in [0, 0.1) is 5.92 Å². The van der Waals surface area contributed by atoms with Crippen LogP contribution in [0.15, 0.2) is 12.3 Å². The van der Waals surface area contributed by atoms with Gasteiger partial charge in [0.05, 0.1) is 6.54 Å². The molecule has 1 saturated heterocycles. The van der Waals surface area contributed by atoms with Crippen LogP contribution in [-0.4, -0.2) is 54.3 Å². The number of halogens is 2. The molecule has 0 bridgehead atoms. The van der Waals surface area contributed by atoms with Gasteiger partial charge in [0.2, 0.25) is 5.91 Å². The van der Waals surface area contributed by atoms with Crippen molar-refractivity contribution in [3.05, 3.63) is 12.3 Å². The van der Waals surface area contributed by atoms with E-state index in [2.05, 4.69) is 20.6 Å². The maximum absolute atomic E-state index is 11.9. The quantitative estimate of drug-likeness (QED) is 0.775. The van der Waals surface area contributed by atoms with Gasteiger partial charge in [-0.3, -0.25) is 9.48 Å². The van der Waals surface area contributed by atoms with Crippen LogP contribution in [0.25, 0.3) is 0 Å². The zero-order valence-electron chi connectivity index (χ0n) is 14.0. The van der Waals surface area contributed by atoms with Crippen molar-refractivity contribution in [2.45, 2.75) is 32.2 Å². The van der Waals surface area contributed by atoms with Crippen LogP contribution in [0.2, 0.25) is 0 Å². The highest BCUT2D eigenvalue weighted by atomic mass is 35.5. The van der Waals surface area contributed by atoms with Crippen molar-refractivity contribution in [3.63, 3.8) is 0 Å². The molecular formula is C15H29Cl2N5O. The number of aromatic nitrogens is 2. The van der Waals surface area contributed by atoms with Crippen LogP contribution in [0.4, 0.5) is 5.82 Å². The lowest BCUT2D eigenvalue weighted by Gasteiger charge is -2.21. The van der Waals surface area contributed by atoms with Gasteiger partial charge >= 0.3 is 0 Å². The summed E-state index contributed by atoms with van der Waals surface area (Å²) in [5.74, 6) is 1.42. The van der Waals surface area contributed by atoms with Crippen molar-refractivity contribution >= 4 is 36.5 Å². The van der Waals surface area contributed by atoms with Crippen molar-refractivity contribution in [2.24, 2.45) is 5.92 Å². The van der Waals surface area contributed by atoms with E-state index in [1.165, 1.54) is 12.8 Å². The summed E-state index contributed by atoms with van der Waals surface area (Å²) >= 11 is 0. The van der Waals surface area contributed by atoms with Gasteiger partial charge in [-0.1, -0.05) is 0 Å². The van der Waals surface area contributed by atoms with Gasteiger partial charge in [0.25, 0.3) is 0 Å². The minimum absolute atomic E-state index is 0. The van der Waals surface area contributed by atoms with Crippen molar-refractivity contribution in [3.8, 4) is 0 Å². The molecule has 8 heteroatoms. The van der Waals surface area contributed by atoms with Crippen molar-refractivity contribution in [2.75, 3.05) is 39.0 Å². The Morgan fingerprint density at radius 2 is 2.09 bits per heavy atom. The molecular weight excluding hydrogens is 337 g/mol. The van der Waals surface area contributed by atoms with Crippen LogP contribution in [-0.2, 0) is 11.3 Å². The molecule has 134 valence electrons. The van der Waals surface area contributed by atoms with E-state index in [9.17, 15) is 4.79 Å². The maximum Gasteiger partial charge on any atom is 0.225 e. The smallest absolute Gasteiger partial charge is 0.225 e. The van der Waals surface area contributed by atoms with Crippen molar-refractivity contribution in [1.82, 2.24) is 20.0 Å². The number of piperidine rings is 1. The molecule has 2 heterocycles. The Bertz CT molecular complexity index is 447. The Morgan fingerprint density at radius 1 is 1.39 bits per heavy atom. The van der Waals surface area contributed by atoms with Gasteiger partial charge < -0.3 is 15.5 Å². The van der Waals surface area contributed by atoms with E-state index in [4.69, 9.17) is 0 Å². The topological polar surface area (TPSA) is 62.2 Å². The maximum atomic E-state index is 11.9. The van der Waals surface area contributed by atoms with Gasteiger partial charge in [0.15, 0.2) is 5.82 Å². The van der Waals surface area contributed by atoms with E-state index in [0.29, 0.717) is 18.2 Å². The Morgan fingerprint density at radius 3 is 2.74 bits per heavy atom. The second-order valence-corrected chi connectivity index (χ2v) is 6.05. The summed E-state index contributed by atoms with van der Waals surface area (Å²) in [6.45, 7) is 3.94. The molecule has 0 aromatic carbocycles. The molecule has 2 N–H and O–H groups in total. The van der Waals surface area contributed by atoms with Crippen molar-refractivity contribution in [1.29, 1.82) is 0 Å². The first-order valence-corrected chi connectivity index (χ1v) is 7.82. The third-order valence-corrected chi connectivity index (χ3v) is 3.92. The molecule has 6 nitrogen and oxygen atoms in total. The predicted molar refractivity (Wildman–Crippen MR) is 98.7 cm³/mol. The predicted octanol–water partition coefficient (Wildman–Crippen LogP) is 2.01. The molecule has 2 rings (SSSR count). The van der Waals surface area contributed by atoms with Gasteiger partial charge in [-0.15, -0.1) is 24.8 Å². The molecule has 23 heavy (non-hydrogen) atoms. The zero-order valence-corrected chi connectivity index (χ0v) is 15.6. The lowest BCUT2D eigenvalue weighted by atomic mass is 9.93. The summed E-state index contributed by atoms with van der Waals surface area (Å²) in [6, 6.07) is 1.86. The highest BCUT2D eigenvalue weighted by Crippen LogP contribution is 2.18. The van der Waals surface area contributed by atoms with Crippen LogP contribution >= 0.6 is 24.8 Å². The third kappa shape index (κ3) is 8.55. The number of likely N-dealkylation sites (N-methyl/N-ethyl adjacent to an activating group) is 1. The number of nitrogens with zero attached hydrogens (tertiary/aromatic N) is 3. The van der Waals surface area contributed by atoms with E-state index >= 15 is 0 Å². The van der Waals surface area contributed by atoms with E-state index in [1.54, 1.807) is 0 Å². The molecule has 0 aliphatic carbocycles. The number of amides is 1. The van der Waals surface area contributed by atoms with Gasteiger partial charge in [-0.2, -0.15) is 5.10 Å². The fourth-order valence-electron chi connectivity index (χ4n) is 2.57. The number of hydrogen-bond donors (Lipinski definition) is 2. The summed E-state index contributed by atoms with van der Waals surface area (Å²) in [6.07, 6.45) is 5.86. The molecule has 1 aliphatic rings. The third-order valence-electron chi connectivity index (χ3n) is 3.92. The summed E-state index contributed by atoms with van der Waals surface area (Å²) in [5.41, 5.74) is 0. The van der Waals surface area contributed by atoms with Gasteiger partial charge in [0.1, 0.15) is 0 Å². The number of nitrogens with one attached hydrogen (secondary N) is 2. The summed E-state index contributed by atoms with van der Waals surface area (Å²) < 4.78 is 1.86. The van der Waals surface area contributed by atoms with Gasteiger partial charge in [-0.05, 0) is 52.4 Å². The minimum atomic E-state index is 0. The second kappa shape index (κ2) is 11.7. The number of hydrogen-bond acceptors (Lipinski definition) is 4. The average Bonchev–Trinajstić information content (AvgIpc) is 2.91. The molecule has 1 amide bonds. The van der Waals surface area contributed by atoms with Gasteiger partial charge in [-0.25, -0.2) is 0 Å². The molecule has 1 aliphatic heterocycles. The summed E-state index contributed by atoms with van der Waals surface area (Å²) in [7, 11) is 4.07. The highest BCUT2D eigenvalue weighted by Gasteiger charge is 2.14. The van der Waals surface area contributed by atoms with E-state index in [0.717, 1.165) is 32.6 Å². The number of rotatable bonds is 7. The van der Waals surface area contributed by atoms with Crippen LogP contribution < -0.4 is 10.6 Å². The second-order valence-electron chi connectivity index (χ2n) is 6.05. The first kappa shape index (κ1) is 22.2. The largest absolute Gasteiger partial charge is 0.317 e. The summed E-state index contributed by atoms with van der Waals surface area (Å²) in [5, 5.41) is 10.6. The lowest BCUT2D eigenvalue weighted by molar-refractivity contribution is -0.116. The zero-order chi connectivity index (χ0) is 15.1. The first-order chi connectivity index (χ1) is 10.1. The SMILES string of the molecule is CN(C)CCn1ccc(NC(=O)CCC2CCNCC2)n1.Cl.Cl. The standard InChI is InChI=1S/C15H27N5O.2ClH/c1-19(2)11-12-20-10-7-14(18-20)17-15(21)4-3-13-5-8-16-9-6-13;;/h7,10,13,16H,3-6,8-9,11-12H2,1-2H3,(H,17,18,21);2*1H. The Balaban J connectivity index is 0.00000242. The van der Waals surface area contributed by atoms with E-state index in [1.807, 2.05) is 31.0 Å². The monoisotopic (exact) mass is 365 g/mol. The molecule has 0 atom stereocenters. The molecule has 0 radical (unpaired) electrons. The summed E-state index contributed by atoms with van der Waals surface area (Å²) in [4.78, 5) is 14.1. The Kier molecular flexibility index (Phi) is 11.3. The lowest BCUT2D eigenvalue weighted by Crippen LogP contribution is -2.28. The molecule has 0 unspecified atom stereocenters. The van der Waals surface area contributed by atoms with Crippen LogP contribution in [0.3, 0.4) is 0 Å². The van der Waals surface area contributed by atoms with Crippen LogP contribution in [0.1, 0.15) is 25.7 Å². The average molecular weight is 366 g/mol. The van der Waals surface area contributed by atoms with Crippen molar-refractivity contribution < 1.29 is 4.79 Å². The number of anilines is 1. The Hall–Kier alpha value is -0.820. The van der Waals surface area contributed by atoms with E-state index in [-0.39, 0.29) is 30.7 Å². The molecule has 1 aromatic heterocycles. The minimum Gasteiger partial charge on any atom is -0.317 e. The first-order valence-electron chi connectivity index (χ1n) is 7.82. The van der Waals surface area contributed by atoms with Crippen LogP contribution in [0.5, 0.6) is 0 Å². The molecule has 0 spiro atoms. The normalized spacial score (nSPS) is 14.9. The van der Waals surface area contributed by atoms with E-state index < -0.39 is 0 Å². The Labute approximate surface area is 151 Å². The number of carbonyl (C=O) groups is 1. The molecule has 1 aromatic rings. The number of carbonyl (C=O) groups excluding carboxylic acids is 1. The van der Waals surface area contributed by atoms with Gasteiger partial charge in [0, 0.05) is 25.2 Å².